The van der Waals surface area contributed by atoms with Crippen LogP contribution in [0.25, 0.3) is 0 Å². The molecule has 1 aliphatic carbocycles. The standard InChI is InChI=1S/C22H27ClN2O3S/c1-25(15-14-16-6-10-18(23)11-7-16)21-5-3-4-20(21)24-22(26)17-8-12-19(13-9-17)29(2,27)28/h6-13,20-21H,3-5,14-15H2,1-2H3,(H,24,26). The number of hydrogen-bond donors (Lipinski definition) is 1. The van der Waals surface area contributed by atoms with Gasteiger partial charge in [0.1, 0.15) is 0 Å². The van der Waals surface area contributed by atoms with Crippen molar-refractivity contribution >= 4 is 27.3 Å². The van der Waals surface area contributed by atoms with Gasteiger partial charge >= 0.3 is 0 Å². The van der Waals surface area contributed by atoms with Gasteiger partial charge in [0.25, 0.3) is 5.91 Å². The van der Waals surface area contributed by atoms with Crippen LogP contribution in [0.1, 0.15) is 35.2 Å². The first-order valence-electron chi connectivity index (χ1n) is 9.80. The van der Waals surface area contributed by atoms with Crippen molar-refractivity contribution < 1.29 is 13.2 Å². The number of amides is 1. The molecule has 3 rings (SSSR count). The van der Waals surface area contributed by atoms with E-state index in [4.69, 9.17) is 11.6 Å². The molecule has 0 radical (unpaired) electrons. The zero-order chi connectivity index (χ0) is 21.0. The van der Waals surface area contributed by atoms with Crippen LogP contribution in [0.5, 0.6) is 0 Å². The molecule has 0 aromatic heterocycles. The molecular weight excluding hydrogens is 408 g/mol. The number of benzene rings is 2. The summed E-state index contributed by atoms with van der Waals surface area (Å²) in [5.41, 5.74) is 1.72. The zero-order valence-electron chi connectivity index (χ0n) is 16.8. The van der Waals surface area contributed by atoms with Crippen molar-refractivity contribution in [1.82, 2.24) is 10.2 Å². The Morgan fingerprint density at radius 3 is 2.38 bits per heavy atom. The van der Waals surface area contributed by atoms with Crippen molar-refractivity contribution in [2.75, 3.05) is 19.8 Å². The van der Waals surface area contributed by atoms with Crippen LogP contribution < -0.4 is 5.32 Å². The minimum atomic E-state index is -3.27. The minimum Gasteiger partial charge on any atom is -0.348 e. The number of carbonyl (C=O) groups excluding carboxylic acids is 1. The molecule has 1 fully saturated rings. The van der Waals surface area contributed by atoms with Crippen molar-refractivity contribution in [1.29, 1.82) is 0 Å². The number of halogens is 1. The Labute approximate surface area is 178 Å². The summed E-state index contributed by atoms with van der Waals surface area (Å²) in [6.07, 6.45) is 5.16. The van der Waals surface area contributed by atoms with Gasteiger partial charge < -0.3 is 10.2 Å². The Kier molecular flexibility index (Phi) is 6.98. The normalized spacial score (nSPS) is 19.4. The number of hydrogen-bond acceptors (Lipinski definition) is 4. The summed E-state index contributed by atoms with van der Waals surface area (Å²) in [6, 6.07) is 14.4. The summed E-state index contributed by atoms with van der Waals surface area (Å²) in [5, 5.41) is 3.88. The molecule has 1 N–H and O–H groups in total. The second-order valence-corrected chi connectivity index (χ2v) is 10.2. The molecule has 29 heavy (non-hydrogen) atoms. The first kappa shape index (κ1) is 21.8. The molecule has 0 aliphatic heterocycles. The van der Waals surface area contributed by atoms with E-state index >= 15 is 0 Å². The zero-order valence-corrected chi connectivity index (χ0v) is 18.3. The van der Waals surface area contributed by atoms with Gasteiger partial charge in [-0.2, -0.15) is 0 Å². The number of nitrogens with zero attached hydrogens (tertiary/aromatic N) is 1. The van der Waals surface area contributed by atoms with E-state index in [1.807, 2.05) is 24.3 Å². The van der Waals surface area contributed by atoms with Crippen LogP contribution >= 0.6 is 11.6 Å². The van der Waals surface area contributed by atoms with E-state index in [0.717, 1.165) is 43.5 Å². The fourth-order valence-corrected chi connectivity index (χ4v) is 4.62. The lowest BCUT2D eigenvalue weighted by atomic mass is 10.1. The van der Waals surface area contributed by atoms with Crippen LogP contribution in [0.4, 0.5) is 0 Å². The van der Waals surface area contributed by atoms with E-state index in [2.05, 4.69) is 17.3 Å². The number of likely N-dealkylation sites (N-methyl/N-ethyl adjacent to an activating group) is 1. The van der Waals surface area contributed by atoms with Gasteiger partial charge in [0.15, 0.2) is 9.84 Å². The fraction of sp³-hybridized carbons (Fsp3) is 0.409. The third-order valence-electron chi connectivity index (χ3n) is 5.57. The molecule has 5 nitrogen and oxygen atoms in total. The Hall–Kier alpha value is -1.89. The Balaban J connectivity index is 1.58. The summed E-state index contributed by atoms with van der Waals surface area (Å²) >= 11 is 5.95. The van der Waals surface area contributed by atoms with Gasteiger partial charge in [-0.25, -0.2) is 8.42 Å². The summed E-state index contributed by atoms with van der Waals surface area (Å²) in [7, 11) is -1.16. The molecule has 2 unspecified atom stereocenters. The Morgan fingerprint density at radius 1 is 1.10 bits per heavy atom. The summed E-state index contributed by atoms with van der Waals surface area (Å²) in [6.45, 7) is 0.904. The van der Waals surface area contributed by atoms with Crippen molar-refractivity contribution in [3.05, 3.63) is 64.7 Å². The first-order valence-corrected chi connectivity index (χ1v) is 12.1. The lowest BCUT2D eigenvalue weighted by Crippen LogP contribution is -2.47. The third-order valence-corrected chi connectivity index (χ3v) is 6.95. The predicted octanol–water partition coefficient (Wildman–Crippen LogP) is 3.57. The lowest BCUT2D eigenvalue weighted by Gasteiger charge is -2.30. The van der Waals surface area contributed by atoms with Crippen LogP contribution in [0.3, 0.4) is 0 Å². The predicted molar refractivity (Wildman–Crippen MR) is 116 cm³/mol. The lowest BCUT2D eigenvalue weighted by molar-refractivity contribution is 0.0913. The molecule has 7 heteroatoms. The molecule has 2 aromatic rings. The van der Waals surface area contributed by atoms with Crippen molar-refractivity contribution in [2.24, 2.45) is 0 Å². The van der Waals surface area contributed by atoms with E-state index in [0.29, 0.717) is 11.6 Å². The van der Waals surface area contributed by atoms with Crippen molar-refractivity contribution in [3.8, 4) is 0 Å². The molecule has 0 heterocycles. The van der Waals surface area contributed by atoms with Crippen LogP contribution in [0.15, 0.2) is 53.4 Å². The van der Waals surface area contributed by atoms with E-state index in [1.54, 1.807) is 12.1 Å². The van der Waals surface area contributed by atoms with Crippen molar-refractivity contribution in [2.45, 2.75) is 42.7 Å². The highest BCUT2D eigenvalue weighted by atomic mass is 35.5. The molecule has 2 aromatic carbocycles. The topological polar surface area (TPSA) is 66.5 Å². The minimum absolute atomic E-state index is 0.0901. The van der Waals surface area contributed by atoms with Crippen LogP contribution in [0.2, 0.25) is 5.02 Å². The molecule has 1 aliphatic rings. The molecule has 1 saturated carbocycles. The summed E-state index contributed by atoms with van der Waals surface area (Å²) in [5.74, 6) is -0.159. The van der Waals surface area contributed by atoms with Gasteiger partial charge in [0.05, 0.1) is 4.90 Å². The van der Waals surface area contributed by atoms with Crippen molar-refractivity contribution in [3.63, 3.8) is 0 Å². The van der Waals surface area contributed by atoms with E-state index < -0.39 is 9.84 Å². The second-order valence-electron chi connectivity index (χ2n) is 7.73. The number of rotatable bonds is 7. The van der Waals surface area contributed by atoms with Gasteiger partial charge in [0.2, 0.25) is 0 Å². The first-order chi connectivity index (χ1) is 13.7. The largest absolute Gasteiger partial charge is 0.348 e. The SMILES string of the molecule is CN(CCc1ccc(Cl)cc1)C1CCCC1NC(=O)c1ccc(S(C)(=O)=O)cc1. The highest BCUT2D eigenvalue weighted by Crippen LogP contribution is 2.24. The molecular formula is C22H27ClN2O3S. The maximum atomic E-state index is 12.6. The molecule has 1 amide bonds. The average Bonchev–Trinajstić information content (AvgIpc) is 3.15. The average molecular weight is 435 g/mol. The van der Waals surface area contributed by atoms with Gasteiger partial charge in [0, 0.05) is 35.5 Å². The van der Waals surface area contributed by atoms with Gasteiger partial charge in [-0.3, -0.25) is 4.79 Å². The Morgan fingerprint density at radius 2 is 1.76 bits per heavy atom. The maximum Gasteiger partial charge on any atom is 0.251 e. The van der Waals surface area contributed by atoms with Gasteiger partial charge in [-0.1, -0.05) is 23.7 Å². The number of nitrogens with one attached hydrogen (secondary N) is 1. The smallest absolute Gasteiger partial charge is 0.251 e. The number of sulfone groups is 1. The van der Waals surface area contributed by atoms with Gasteiger partial charge in [-0.15, -0.1) is 0 Å². The summed E-state index contributed by atoms with van der Waals surface area (Å²) in [4.78, 5) is 15.2. The van der Waals surface area contributed by atoms with Crippen LogP contribution in [-0.4, -0.2) is 51.2 Å². The summed E-state index contributed by atoms with van der Waals surface area (Å²) < 4.78 is 23.2. The van der Waals surface area contributed by atoms with E-state index in [-0.39, 0.29) is 16.8 Å². The third kappa shape index (κ3) is 5.81. The highest BCUT2D eigenvalue weighted by molar-refractivity contribution is 7.90. The molecule has 0 spiro atoms. The van der Waals surface area contributed by atoms with Crippen LogP contribution in [-0.2, 0) is 16.3 Å². The molecule has 2 atom stereocenters. The fourth-order valence-electron chi connectivity index (χ4n) is 3.86. The maximum absolute atomic E-state index is 12.6. The molecule has 0 saturated heterocycles. The molecule has 156 valence electrons. The quantitative estimate of drug-likeness (QED) is 0.723. The highest BCUT2D eigenvalue weighted by Gasteiger charge is 2.31. The monoisotopic (exact) mass is 434 g/mol. The van der Waals surface area contributed by atoms with Gasteiger partial charge in [-0.05, 0) is 74.7 Å². The Bertz CT molecular complexity index is 943. The number of carbonyl (C=O) groups is 1. The molecule has 0 bridgehead atoms. The van der Waals surface area contributed by atoms with E-state index in [1.165, 1.54) is 17.7 Å². The van der Waals surface area contributed by atoms with E-state index in [9.17, 15) is 13.2 Å². The second kappa shape index (κ2) is 9.28. The van der Waals surface area contributed by atoms with Crippen LogP contribution in [0, 0.1) is 0 Å².